The van der Waals surface area contributed by atoms with Crippen LogP contribution in [0, 0.1) is 0 Å². The third-order valence-electron chi connectivity index (χ3n) is 5.31. The number of allylic oxidation sites excluding steroid dienone is 1. The van der Waals surface area contributed by atoms with Crippen LogP contribution in [0.25, 0.3) is 6.08 Å². The Bertz CT molecular complexity index is 983. The first-order valence-corrected chi connectivity index (χ1v) is 11.8. The average molecular weight is 496 g/mol. The van der Waals surface area contributed by atoms with Crippen molar-refractivity contribution < 1.29 is 32.6 Å². The lowest BCUT2D eigenvalue weighted by Crippen LogP contribution is -2.41. The molecular weight excluding hydrogens is 468 g/mol. The number of carbonyl (C=O) groups is 3. The van der Waals surface area contributed by atoms with Gasteiger partial charge in [-0.25, -0.2) is 4.79 Å². The monoisotopic (exact) mass is 495 g/mol. The second-order valence-corrected chi connectivity index (χ2v) is 8.66. The van der Waals surface area contributed by atoms with Gasteiger partial charge >= 0.3 is 12.6 Å². The highest BCUT2D eigenvalue weighted by Crippen LogP contribution is 2.34. The van der Waals surface area contributed by atoms with E-state index in [1.807, 2.05) is 0 Å². The van der Waals surface area contributed by atoms with Crippen molar-refractivity contribution in [2.24, 2.45) is 0 Å². The molecule has 8 nitrogen and oxygen atoms in total. The fraction of sp³-hybridized carbons (Fsp3) is 0.435. The van der Waals surface area contributed by atoms with Gasteiger partial charge in [-0.3, -0.25) is 14.5 Å². The van der Waals surface area contributed by atoms with E-state index < -0.39 is 17.8 Å². The summed E-state index contributed by atoms with van der Waals surface area (Å²) in [6.07, 6.45) is 9.11. The van der Waals surface area contributed by atoms with Crippen molar-refractivity contribution in [1.82, 2.24) is 15.5 Å². The fourth-order valence-electron chi connectivity index (χ4n) is 3.62. The average Bonchev–Trinajstić information content (AvgIpc) is 3.07. The largest absolute Gasteiger partial charge is 0.493 e. The molecule has 0 atom stereocenters. The molecule has 0 radical (unpaired) electrons. The molecule has 3 rings (SSSR count). The molecule has 0 aromatic heterocycles. The summed E-state index contributed by atoms with van der Waals surface area (Å²) in [5.74, 6) is -0.556. The summed E-state index contributed by atoms with van der Waals surface area (Å²) in [5, 5.41) is 4.98. The number of rotatable bonds is 10. The second kappa shape index (κ2) is 12.4. The molecule has 1 aliphatic heterocycles. The second-order valence-electron chi connectivity index (χ2n) is 7.66. The van der Waals surface area contributed by atoms with Gasteiger partial charge in [0.1, 0.15) is 0 Å². The lowest BCUT2D eigenvalue weighted by atomic mass is 9.97. The maximum absolute atomic E-state index is 12.6. The first-order chi connectivity index (χ1) is 16.4. The van der Waals surface area contributed by atoms with Gasteiger partial charge in [-0.2, -0.15) is 8.78 Å². The Morgan fingerprint density at radius 1 is 1.21 bits per heavy atom. The Hall–Kier alpha value is -3.08. The molecule has 4 amide bonds. The summed E-state index contributed by atoms with van der Waals surface area (Å²) in [7, 11) is 1.31. The molecule has 0 bridgehead atoms. The van der Waals surface area contributed by atoms with E-state index in [9.17, 15) is 23.2 Å². The van der Waals surface area contributed by atoms with Crippen LogP contribution in [0.15, 0.2) is 34.8 Å². The van der Waals surface area contributed by atoms with Gasteiger partial charge in [0.2, 0.25) is 0 Å². The van der Waals surface area contributed by atoms with Crippen molar-refractivity contribution in [2.45, 2.75) is 38.7 Å². The van der Waals surface area contributed by atoms with Gasteiger partial charge in [0.15, 0.2) is 11.5 Å². The smallest absolute Gasteiger partial charge is 0.387 e. The quantitative estimate of drug-likeness (QED) is 0.366. The highest BCUT2D eigenvalue weighted by molar-refractivity contribution is 8.18. The van der Waals surface area contributed by atoms with Gasteiger partial charge < -0.3 is 20.1 Å². The molecule has 1 saturated heterocycles. The van der Waals surface area contributed by atoms with E-state index in [0.717, 1.165) is 35.9 Å². The summed E-state index contributed by atoms with van der Waals surface area (Å²) >= 11 is 0.765. The van der Waals surface area contributed by atoms with E-state index in [1.54, 1.807) is 0 Å². The highest BCUT2D eigenvalue weighted by atomic mass is 32.2. The van der Waals surface area contributed by atoms with Gasteiger partial charge in [-0.15, -0.1) is 0 Å². The van der Waals surface area contributed by atoms with Gasteiger partial charge in [-0.1, -0.05) is 17.7 Å². The third-order valence-corrected chi connectivity index (χ3v) is 6.22. The Balaban J connectivity index is 1.49. The van der Waals surface area contributed by atoms with Crippen LogP contribution >= 0.6 is 11.8 Å². The standard InChI is InChI=1S/C23H27F2N3O5S/c1-32-18-13-16(7-8-17(18)33-21(24)25)14-19-20(29)28(23(31)34-19)12-11-27-22(30)26-10-9-15-5-3-2-4-6-15/h5,7-8,13-14,21H,2-4,6,9-12H2,1H3,(H2,26,27,30)/b19-14+. The lowest BCUT2D eigenvalue weighted by Gasteiger charge is -2.15. The number of nitrogens with zero attached hydrogens (tertiary/aromatic N) is 1. The fourth-order valence-corrected chi connectivity index (χ4v) is 4.49. The lowest BCUT2D eigenvalue weighted by molar-refractivity contribution is -0.122. The molecule has 1 aromatic carbocycles. The number of benzene rings is 1. The van der Waals surface area contributed by atoms with Crippen molar-refractivity contribution in [2.75, 3.05) is 26.7 Å². The molecule has 184 valence electrons. The molecule has 1 aromatic rings. The normalized spacial score (nSPS) is 17.2. The minimum absolute atomic E-state index is 0.0328. The zero-order valence-corrected chi connectivity index (χ0v) is 19.6. The summed E-state index contributed by atoms with van der Waals surface area (Å²) in [5.41, 5.74) is 1.85. The summed E-state index contributed by atoms with van der Waals surface area (Å²) in [4.78, 5) is 38.1. The number of imide groups is 1. The first-order valence-electron chi connectivity index (χ1n) is 10.9. The van der Waals surface area contributed by atoms with E-state index >= 15 is 0 Å². The Labute approximate surface area is 200 Å². The minimum atomic E-state index is -3.00. The number of urea groups is 1. The molecule has 0 spiro atoms. The number of hydrogen-bond donors (Lipinski definition) is 2. The molecular formula is C23H27F2N3O5S. The molecule has 2 N–H and O–H groups in total. The van der Waals surface area contributed by atoms with Crippen LogP contribution in [0.3, 0.4) is 0 Å². The van der Waals surface area contributed by atoms with Gasteiger partial charge in [0.05, 0.1) is 12.0 Å². The van der Waals surface area contributed by atoms with Gasteiger partial charge in [0.25, 0.3) is 11.1 Å². The van der Waals surface area contributed by atoms with Crippen molar-refractivity contribution >= 4 is 35.0 Å². The molecule has 1 fully saturated rings. The molecule has 0 saturated carbocycles. The van der Waals surface area contributed by atoms with Gasteiger partial charge in [0, 0.05) is 19.6 Å². The van der Waals surface area contributed by atoms with Gasteiger partial charge in [-0.05, 0) is 67.6 Å². The van der Waals surface area contributed by atoms with Crippen LogP contribution in [0.4, 0.5) is 18.4 Å². The summed E-state index contributed by atoms with van der Waals surface area (Å²) < 4.78 is 34.4. The Morgan fingerprint density at radius 2 is 2.00 bits per heavy atom. The van der Waals surface area contributed by atoms with E-state index in [-0.39, 0.29) is 35.5 Å². The van der Waals surface area contributed by atoms with Crippen molar-refractivity contribution in [3.8, 4) is 11.5 Å². The number of carbonyl (C=O) groups excluding carboxylic acids is 3. The van der Waals surface area contributed by atoms with E-state index in [4.69, 9.17) is 4.74 Å². The van der Waals surface area contributed by atoms with Crippen LogP contribution < -0.4 is 20.1 Å². The van der Waals surface area contributed by atoms with Crippen LogP contribution in [0.2, 0.25) is 0 Å². The van der Waals surface area contributed by atoms with E-state index in [2.05, 4.69) is 21.4 Å². The van der Waals surface area contributed by atoms with Crippen LogP contribution in [-0.2, 0) is 4.79 Å². The SMILES string of the molecule is COc1cc(/C=C2/SC(=O)N(CCNC(=O)NCCC3=CCCCC3)C2=O)ccc1OC(F)F. The molecule has 0 unspecified atom stereocenters. The number of methoxy groups -OCH3 is 1. The molecule has 1 heterocycles. The number of hydrogen-bond acceptors (Lipinski definition) is 6. The minimum Gasteiger partial charge on any atom is -0.493 e. The van der Waals surface area contributed by atoms with Crippen molar-refractivity contribution in [3.05, 3.63) is 40.3 Å². The predicted molar refractivity (Wildman–Crippen MR) is 125 cm³/mol. The number of ether oxygens (including phenoxy) is 2. The van der Waals surface area contributed by atoms with Crippen LogP contribution in [0.1, 0.15) is 37.7 Å². The van der Waals surface area contributed by atoms with E-state index in [1.165, 1.54) is 49.8 Å². The molecule has 1 aliphatic carbocycles. The zero-order valence-electron chi connectivity index (χ0n) is 18.8. The number of halogens is 2. The van der Waals surface area contributed by atoms with Crippen molar-refractivity contribution in [1.29, 1.82) is 0 Å². The number of thioether (sulfide) groups is 1. The maximum atomic E-state index is 12.6. The van der Waals surface area contributed by atoms with Crippen LogP contribution in [-0.4, -0.2) is 55.4 Å². The summed E-state index contributed by atoms with van der Waals surface area (Å²) in [6.45, 7) is -2.31. The van der Waals surface area contributed by atoms with E-state index in [0.29, 0.717) is 12.1 Å². The number of amides is 4. The van der Waals surface area contributed by atoms with Crippen LogP contribution in [0.5, 0.6) is 11.5 Å². The zero-order chi connectivity index (χ0) is 24.5. The van der Waals surface area contributed by atoms with Crippen molar-refractivity contribution in [3.63, 3.8) is 0 Å². The maximum Gasteiger partial charge on any atom is 0.387 e. The Kier molecular flexibility index (Phi) is 9.32. The Morgan fingerprint density at radius 3 is 2.71 bits per heavy atom. The molecule has 11 heteroatoms. The highest BCUT2D eigenvalue weighted by Gasteiger charge is 2.34. The summed E-state index contributed by atoms with van der Waals surface area (Å²) in [6, 6.07) is 3.86. The predicted octanol–water partition coefficient (Wildman–Crippen LogP) is 4.52. The number of nitrogens with one attached hydrogen (secondary N) is 2. The third kappa shape index (κ3) is 7.21. The molecule has 2 aliphatic rings. The number of alkyl halides is 2. The first kappa shape index (κ1) is 25.5. The topological polar surface area (TPSA) is 97.0 Å². The molecule has 34 heavy (non-hydrogen) atoms.